The number of hydrogen-bond donors (Lipinski definition) is 0. The summed E-state index contributed by atoms with van der Waals surface area (Å²) in [7, 11) is -3.22. The number of rotatable bonds is 16. The second-order valence-electron chi connectivity index (χ2n) is 6.21. The quantitative estimate of drug-likeness (QED) is 0.385. The van der Waals surface area contributed by atoms with Crippen molar-refractivity contribution in [2.75, 3.05) is 18.8 Å². The lowest BCUT2D eigenvalue weighted by Gasteiger charge is -2.22. The highest BCUT2D eigenvalue weighted by atomic mass is 32.2. The van der Waals surface area contributed by atoms with Gasteiger partial charge in [-0.1, -0.05) is 39.0 Å². The van der Waals surface area contributed by atoms with Crippen molar-refractivity contribution in [3.63, 3.8) is 0 Å². The van der Waals surface area contributed by atoms with Crippen LogP contribution in [-0.4, -0.2) is 31.6 Å². The summed E-state index contributed by atoms with van der Waals surface area (Å²) in [4.78, 5) is 0. The van der Waals surface area contributed by atoms with Crippen LogP contribution in [0.15, 0.2) is 0 Å². The first-order valence-electron chi connectivity index (χ1n) is 9.30. The number of sulfonamides is 1. The highest BCUT2D eigenvalue weighted by Crippen LogP contribution is 2.12. The molecule has 0 N–H and O–H groups in total. The molecule has 0 aliphatic carbocycles. The molecule has 0 fully saturated rings. The highest BCUT2D eigenvalue weighted by Gasteiger charge is 2.20. The fourth-order valence-electron chi connectivity index (χ4n) is 2.57. The number of nitrogens with zero attached hydrogens (tertiary/aromatic N) is 3. The molecule has 0 aliphatic rings. The molecule has 0 unspecified atom stereocenters. The van der Waals surface area contributed by atoms with Gasteiger partial charge in [0.05, 0.1) is 17.9 Å². The maximum atomic E-state index is 12.5. The van der Waals surface area contributed by atoms with Gasteiger partial charge in [-0.05, 0) is 32.1 Å². The molecule has 0 spiro atoms. The molecule has 24 heavy (non-hydrogen) atoms. The molecule has 0 saturated carbocycles. The Bertz CT molecular complexity index is 455. The van der Waals surface area contributed by atoms with Gasteiger partial charge in [0.25, 0.3) is 0 Å². The van der Waals surface area contributed by atoms with Crippen LogP contribution < -0.4 is 0 Å². The zero-order chi connectivity index (χ0) is 18.1. The SMILES string of the molecule is CCCCCCCCS(=O)(=O)N(CCCCC#N)CCCCC#N. The van der Waals surface area contributed by atoms with Gasteiger partial charge in [-0.25, -0.2) is 12.7 Å². The summed E-state index contributed by atoms with van der Waals surface area (Å²) in [5.74, 6) is 0.218. The molecule has 0 aliphatic heterocycles. The van der Waals surface area contributed by atoms with Crippen LogP contribution in [0.25, 0.3) is 0 Å². The average Bonchev–Trinajstić information content (AvgIpc) is 2.56. The van der Waals surface area contributed by atoms with E-state index in [0.29, 0.717) is 25.9 Å². The van der Waals surface area contributed by atoms with Gasteiger partial charge in [0.1, 0.15) is 0 Å². The Labute approximate surface area is 148 Å². The van der Waals surface area contributed by atoms with Crippen molar-refractivity contribution in [2.24, 2.45) is 0 Å². The number of hydrogen-bond acceptors (Lipinski definition) is 4. The minimum Gasteiger partial charge on any atom is -0.212 e. The molecule has 0 heterocycles. The normalized spacial score (nSPS) is 11.3. The summed E-state index contributed by atoms with van der Waals surface area (Å²) in [6.45, 7) is 3.15. The van der Waals surface area contributed by atoms with E-state index in [9.17, 15) is 8.42 Å². The predicted octanol–water partition coefficient (Wildman–Crippen LogP) is 4.37. The lowest BCUT2D eigenvalue weighted by Crippen LogP contribution is -2.35. The van der Waals surface area contributed by atoms with Gasteiger partial charge in [0, 0.05) is 25.9 Å². The molecule has 0 atom stereocenters. The predicted molar refractivity (Wildman–Crippen MR) is 97.7 cm³/mol. The van der Waals surface area contributed by atoms with Gasteiger partial charge < -0.3 is 0 Å². The van der Waals surface area contributed by atoms with Crippen LogP contribution >= 0.6 is 0 Å². The Hall–Kier alpha value is -1.11. The van der Waals surface area contributed by atoms with Gasteiger partial charge >= 0.3 is 0 Å². The molecule has 5 nitrogen and oxygen atoms in total. The molecule has 0 aromatic rings. The summed E-state index contributed by atoms with van der Waals surface area (Å²) in [6.07, 6.45) is 10.2. The maximum absolute atomic E-state index is 12.5. The number of unbranched alkanes of at least 4 members (excludes halogenated alkanes) is 9. The third kappa shape index (κ3) is 12.3. The van der Waals surface area contributed by atoms with Crippen molar-refractivity contribution in [2.45, 2.75) is 84.0 Å². The Morgan fingerprint density at radius 3 is 1.75 bits per heavy atom. The molecule has 0 rings (SSSR count). The van der Waals surface area contributed by atoms with E-state index in [1.54, 1.807) is 4.31 Å². The molecular weight excluding hydrogens is 322 g/mol. The highest BCUT2D eigenvalue weighted by molar-refractivity contribution is 7.89. The molecular formula is C18H33N3O2S. The Morgan fingerprint density at radius 1 is 0.750 bits per heavy atom. The lowest BCUT2D eigenvalue weighted by molar-refractivity contribution is 0.390. The van der Waals surface area contributed by atoms with E-state index in [1.807, 2.05) is 0 Å². The molecule has 0 radical (unpaired) electrons. The van der Waals surface area contributed by atoms with Crippen molar-refractivity contribution in [3.05, 3.63) is 0 Å². The van der Waals surface area contributed by atoms with Gasteiger partial charge in [-0.3, -0.25) is 0 Å². The topological polar surface area (TPSA) is 85.0 Å². The number of nitriles is 2. The lowest BCUT2D eigenvalue weighted by atomic mass is 10.1. The summed E-state index contributed by atoms with van der Waals surface area (Å²) in [5.41, 5.74) is 0. The van der Waals surface area contributed by atoms with Crippen LogP contribution in [0.3, 0.4) is 0 Å². The zero-order valence-electron chi connectivity index (χ0n) is 15.2. The van der Waals surface area contributed by atoms with Gasteiger partial charge in [-0.15, -0.1) is 0 Å². The Kier molecular flexibility index (Phi) is 14.7. The monoisotopic (exact) mass is 355 g/mol. The Morgan fingerprint density at radius 2 is 1.25 bits per heavy atom. The third-order valence-electron chi connectivity index (χ3n) is 4.04. The fourth-order valence-corrected chi connectivity index (χ4v) is 4.21. The van der Waals surface area contributed by atoms with Gasteiger partial charge in [0.15, 0.2) is 0 Å². The van der Waals surface area contributed by atoms with E-state index in [0.717, 1.165) is 44.9 Å². The summed E-state index contributed by atoms with van der Waals surface area (Å²) < 4.78 is 26.7. The second kappa shape index (κ2) is 15.4. The van der Waals surface area contributed by atoms with E-state index in [4.69, 9.17) is 10.5 Å². The first-order chi connectivity index (χ1) is 11.6. The molecule has 0 amide bonds. The smallest absolute Gasteiger partial charge is 0.212 e. The first-order valence-corrected chi connectivity index (χ1v) is 10.9. The minimum absolute atomic E-state index is 0.218. The largest absolute Gasteiger partial charge is 0.214 e. The Balaban J connectivity index is 4.31. The van der Waals surface area contributed by atoms with Crippen molar-refractivity contribution in [3.8, 4) is 12.1 Å². The van der Waals surface area contributed by atoms with Crippen LogP contribution in [0.2, 0.25) is 0 Å². The summed E-state index contributed by atoms with van der Waals surface area (Å²) in [6, 6.07) is 4.19. The zero-order valence-corrected chi connectivity index (χ0v) is 16.0. The van der Waals surface area contributed by atoms with Crippen LogP contribution in [0.5, 0.6) is 0 Å². The van der Waals surface area contributed by atoms with Crippen molar-refractivity contribution in [1.29, 1.82) is 10.5 Å². The van der Waals surface area contributed by atoms with Crippen molar-refractivity contribution >= 4 is 10.0 Å². The van der Waals surface area contributed by atoms with Crippen LogP contribution in [0.4, 0.5) is 0 Å². The average molecular weight is 356 g/mol. The van der Waals surface area contributed by atoms with Crippen LogP contribution in [0.1, 0.15) is 84.0 Å². The van der Waals surface area contributed by atoms with Crippen molar-refractivity contribution in [1.82, 2.24) is 4.31 Å². The van der Waals surface area contributed by atoms with E-state index >= 15 is 0 Å². The van der Waals surface area contributed by atoms with E-state index in [2.05, 4.69) is 19.1 Å². The minimum atomic E-state index is -3.22. The summed E-state index contributed by atoms with van der Waals surface area (Å²) in [5, 5.41) is 17.2. The summed E-state index contributed by atoms with van der Waals surface area (Å²) >= 11 is 0. The van der Waals surface area contributed by atoms with Crippen LogP contribution in [0, 0.1) is 22.7 Å². The maximum Gasteiger partial charge on any atom is 0.214 e. The van der Waals surface area contributed by atoms with Crippen molar-refractivity contribution < 1.29 is 8.42 Å². The van der Waals surface area contributed by atoms with Gasteiger partial charge in [-0.2, -0.15) is 10.5 Å². The standard InChI is InChI=1S/C18H33N3O2S/c1-2-3-4-5-6-13-18-24(22,23)21(16-11-7-9-14-19)17-12-8-10-15-20/h2-13,16-18H2,1H3. The molecule has 0 bridgehead atoms. The molecule has 0 saturated heterocycles. The molecule has 0 aromatic heterocycles. The second-order valence-corrected chi connectivity index (χ2v) is 8.30. The first kappa shape index (κ1) is 22.9. The van der Waals surface area contributed by atoms with E-state index in [1.165, 1.54) is 19.3 Å². The van der Waals surface area contributed by atoms with E-state index in [-0.39, 0.29) is 5.75 Å². The van der Waals surface area contributed by atoms with Gasteiger partial charge in [0.2, 0.25) is 10.0 Å². The third-order valence-corrected chi connectivity index (χ3v) is 6.00. The molecule has 138 valence electrons. The van der Waals surface area contributed by atoms with Crippen LogP contribution in [-0.2, 0) is 10.0 Å². The fraction of sp³-hybridized carbons (Fsp3) is 0.889. The molecule has 6 heteroatoms. The van der Waals surface area contributed by atoms with E-state index < -0.39 is 10.0 Å². The molecule has 0 aromatic carbocycles.